The van der Waals surface area contributed by atoms with E-state index in [1.807, 2.05) is 37.3 Å². The van der Waals surface area contributed by atoms with E-state index in [4.69, 9.17) is 0 Å². The number of halogens is 1. The molecule has 3 aromatic rings. The highest BCUT2D eigenvalue weighted by Gasteiger charge is 2.17. The van der Waals surface area contributed by atoms with Crippen LogP contribution in [0, 0.1) is 12.7 Å². The van der Waals surface area contributed by atoms with Crippen LogP contribution in [0.2, 0.25) is 0 Å². The fourth-order valence-corrected chi connectivity index (χ4v) is 2.40. The lowest BCUT2D eigenvalue weighted by molar-refractivity contribution is 0.0929. The van der Waals surface area contributed by atoms with Crippen LogP contribution in [-0.4, -0.2) is 20.7 Å². The predicted molar refractivity (Wildman–Crippen MR) is 88.4 cm³/mol. The second kappa shape index (κ2) is 6.62. The fraction of sp³-hybridized carbons (Fsp3) is 0.167. The number of carbonyl (C=O) groups excluding carboxylic acids is 1. The zero-order chi connectivity index (χ0) is 17.1. The highest BCUT2D eigenvalue weighted by molar-refractivity contribution is 5.90. The number of benzene rings is 2. The molecule has 122 valence electrons. The van der Waals surface area contributed by atoms with Gasteiger partial charge < -0.3 is 5.32 Å². The summed E-state index contributed by atoms with van der Waals surface area (Å²) in [5.74, 6) is -0.0415. The summed E-state index contributed by atoms with van der Waals surface area (Å²) in [4.78, 5) is 16.6. The molecule has 0 unspecified atom stereocenters. The highest BCUT2D eigenvalue weighted by Crippen LogP contribution is 2.13. The van der Waals surface area contributed by atoms with Gasteiger partial charge in [0.2, 0.25) is 5.82 Å². The molecule has 5 nitrogen and oxygen atoms in total. The molecule has 1 aromatic heterocycles. The summed E-state index contributed by atoms with van der Waals surface area (Å²) in [5.41, 5.74) is 1.65. The van der Waals surface area contributed by atoms with Crippen molar-refractivity contribution in [3.63, 3.8) is 0 Å². The largest absolute Gasteiger partial charge is 0.343 e. The first kappa shape index (κ1) is 15.9. The van der Waals surface area contributed by atoms with Crippen LogP contribution in [0.5, 0.6) is 0 Å². The van der Waals surface area contributed by atoms with Crippen LogP contribution in [0.25, 0.3) is 5.69 Å². The average Bonchev–Trinajstić information content (AvgIpc) is 2.98. The van der Waals surface area contributed by atoms with Crippen molar-refractivity contribution in [2.45, 2.75) is 19.9 Å². The molecule has 0 aliphatic carbocycles. The van der Waals surface area contributed by atoms with Gasteiger partial charge in [0, 0.05) is 0 Å². The number of rotatable bonds is 4. The van der Waals surface area contributed by atoms with Gasteiger partial charge in [-0.05, 0) is 43.7 Å². The smallest absolute Gasteiger partial charge is 0.291 e. The van der Waals surface area contributed by atoms with E-state index in [-0.39, 0.29) is 23.6 Å². The Kier molecular flexibility index (Phi) is 4.37. The van der Waals surface area contributed by atoms with Crippen molar-refractivity contribution >= 4 is 5.91 Å². The van der Waals surface area contributed by atoms with E-state index in [9.17, 15) is 9.18 Å². The summed E-state index contributed by atoms with van der Waals surface area (Å²) in [6.07, 6.45) is 0. The Labute approximate surface area is 139 Å². The van der Waals surface area contributed by atoms with E-state index >= 15 is 0 Å². The van der Waals surface area contributed by atoms with Crippen LogP contribution in [0.3, 0.4) is 0 Å². The van der Waals surface area contributed by atoms with E-state index in [2.05, 4.69) is 15.4 Å². The van der Waals surface area contributed by atoms with E-state index in [0.29, 0.717) is 11.5 Å². The summed E-state index contributed by atoms with van der Waals surface area (Å²) in [5, 5.41) is 7.10. The molecule has 0 aliphatic rings. The zero-order valence-corrected chi connectivity index (χ0v) is 13.4. The van der Waals surface area contributed by atoms with Gasteiger partial charge in [-0.2, -0.15) is 0 Å². The molecule has 1 amide bonds. The quantitative estimate of drug-likeness (QED) is 0.802. The molecule has 0 fully saturated rings. The van der Waals surface area contributed by atoms with Crippen molar-refractivity contribution in [3.8, 4) is 5.69 Å². The minimum atomic E-state index is -0.352. The van der Waals surface area contributed by atoms with E-state index in [1.54, 1.807) is 19.1 Å². The molecule has 0 saturated heterocycles. The average molecular weight is 324 g/mol. The van der Waals surface area contributed by atoms with Gasteiger partial charge in [-0.1, -0.05) is 30.3 Å². The number of aryl methyl sites for hydroxylation is 1. The van der Waals surface area contributed by atoms with E-state index < -0.39 is 0 Å². The lowest BCUT2D eigenvalue weighted by atomic mass is 10.1. The third-order valence-electron chi connectivity index (χ3n) is 3.69. The second-order valence-corrected chi connectivity index (χ2v) is 5.48. The van der Waals surface area contributed by atoms with Gasteiger partial charge in [0.15, 0.2) is 0 Å². The van der Waals surface area contributed by atoms with Crippen molar-refractivity contribution in [2.24, 2.45) is 0 Å². The van der Waals surface area contributed by atoms with Crippen molar-refractivity contribution in [2.75, 3.05) is 0 Å². The fourth-order valence-electron chi connectivity index (χ4n) is 2.40. The Hall–Kier alpha value is -3.02. The Morgan fingerprint density at radius 3 is 2.46 bits per heavy atom. The summed E-state index contributed by atoms with van der Waals surface area (Å²) in [6.45, 7) is 3.64. The van der Waals surface area contributed by atoms with Gasteiger partial charge in [-0.25, -0.2) is 14.1 Å². The van der Waals surface area contributed by atoms with Gasteiger partial charge in [0.05, 0.1) is 11.7 Å². The molecule has 3 rings (SSSR count). The highest BCUT2D eigenvalue weighted by atomic mass is 19.1. The zero-order valence-electron chi connectivity index (χ0n) is 13.4. The molecular weight excluding hydrogens is 307 g/mol. The molecule has 2 aromatic carbocycles. The number of aromatic nitrogens is 3. The molecular formula is C18H17FN4O. The molecule has 0 bridgehead atoms. The van der Waals surface area contributed by atoms with Gasteiger partial charge >= 0.3 is 0 Å². The minimum absolute atomic E-state index is 0.0830. The van der Waals surface area contributed by atoms with Crippen LogP contribution < -0.4 is 5.32 Å². The molecule has 1 N–H and O–H groups in total. The van der Waals surface area contributed by atoms with Crippen LogP contribution in [0.15, 0.2) is 54.6 Å². The number of hydrogen-bond acceptors (Lipinski definition) is 3. The first-order valence-corrected chi connectivity index (χ1v) is 7.60. The van der Waals surface area contributed by atoms with Gasteiger partial charge in [-0.15, -0.1) is 5.10 Å². The lowest BCUT2D eigenvalue weighted by Gasteiger charge is -2.12. The maximum Gasteiger partial charge on any atom is 0.291 e. The SMILES string of the molecule is Cc1nc(C(=O)N[C@@H](C)c2ccccc2)nn1-c1ccc(F)cc1. The molecule has 1 heterocycles. The topological polar surface area (TPSA) is 59.8 Å². The predicted octanol–water partition coefficient (Wildman–Crippen LogP) is 3.21. The summed E-state index contributed by atoms with van der Waals surface area (Å²) < 4.78 is 14.5. The van der Waals surface area contributed by atoms with Gasteiger partial charge in [0.25, 0.3) is 5.91 Å². The van der Waals surface area contributed by atoms with Crippen LogP contribution in [0.4, 0.5) is 4.39 Å². The molecule has 0 spiro atoms. The number of hydrogen-bond donors (Lipinski definition) is 1. The number of amides is 1. The summed E-state index contributed by atoms with van der Waals surface area (Å²) >= 11 is 0. The van der Waals surface area contributed by atoms with Crippen LogP contribution in [-0.2, 0) is 0 Å². The third-order valence-corrected chi connectivity index (χ3v) is 3.69. The molecule has 1 atom stereocenters. The first-order chi connectivity index (χ1) is 11.5. The standard InChI is InChI=1S/C18H17FN4O/c1-12(14-6-4-3-5-7-14)20-18(24)17-21-13(2)23(22-17)16-10-8-15(19)9-11-16/h3-12H,1-2H3,(H,20,24)/t12-/m0/s1. The summed E-state index contributed by atoms with van der Waals surface area (Å²) in [7, 11) is 0. The van der Waals surface area contributed by atoms with E-state index in [1.165, 1.54) is 16.8 Å². The van der Waals surface area contributed by atoms with Gasteiger partial charge in [-0.3, -0.25) is 4.79 Å². The third kappa shape index (κ3) is 3.32. The Morgan fingerprint density at radius 2 is 1.79 bits per heavy atom. The molecule has 24 heavy (non-hydrogen) atoms. The normalized spacial score (nSPS) is 12.0. The number of carbonyl (C=O) groups is 1. The van der Waals surface area contributed by atoms with Gasteiger partial charge in [0.1, 0.15) is 11.6 Å². The molecule has 0 aliphatic heterocycles. The van der Waals surface area contributed by atoms with Crippen molar-refractivity contribution in [1.82, 2.24) is 20.1 Å². The number of nitrogens with one attached hydrogen (secondary N) is 1. The Bertz CT molecular complexity index is 843. The van der Waals surface area contributed by atoms with Crippen LogP contribution >= 0.6 is 0 Å². The summed E-state index contributed by atoms with van der Waals surface area (Å²) in [6, 6.07) is 15.4. The molecule has 0 saturated carbocycles. The lowest BCUT2D eigenvalue weighted by Crippen LogP contribution is -2.27. The monoisotopic (exact) mass is 324 g/mol. The Morgan fingerprint density at radius 1 is 1.12 bits per heavy atom. The minimum Gasteiger partial charge on any atom is -0.343 e. The maximum atomic E-state index is 13.0. The van der Waals surface area contributed by atoms with E-state index in [0.717, 1.165) is 5.56 Å². The second-order valence-electron chi connectivity index (χ2n) is 5.48. The first-order valence-electron chi connectivity index (χ1n) is 7.60. The van der Waals surface area contributed by atoms with Crippen molar-refractivity contribution in [3.05, 3.63) is 77.6 Å². The number of nitrogens with zero attached hydrogens (tertiary/aromatic N) is 3. The van der Waals surface area contributed by atoms with Crippen molar-refractivity contribution < 1.29 is 9.18 Å². The maximum absolute atomic E-state index is 13.0. The van der Waals surface area contributed by atoms with Crippen molar-refractivity contribution in [1.29, 1.82) is 0 Å². The Balaban J connectivity index is 1.79. The molecule has 0 radical (unpaired) electrons. The van der Waals surface area contributed by atoms with Crippen LogP contribution in [0.1, 0.15) is 35.0 Å². The molecule has 6 heteroatoms.